The number of thioether (sulfide) groups is 1. The Balaban J connectivity index is 1.68. The summed E-state index contributed by atoms with van der Waals surface area (Å²) >= 11 is 0.774. The van der Waals surface area contributed by atoms with Crippen LogP contribution in [0.1, 0.15) is 31.2 Å². The van der Waals surface area contributed by atoms with Crippen molar-refractivity contribution in [1.29, 1.82) is 0 Å². The minimum Gasteiger partial charge on any atom is -0.341 e. The van der Waals surface area contributed by atoms with Crippen LogP contribution >= 0.6 is 11.8 Å². The zero-order chi connectivity index (χ0) is 19.4. The van der Waals surface area contributed by atoms with Crippen molar-refractivity contribution in [3.05, 3.63) is 44.8 Å². The molecule has 1 aromatic rings. The Kier molecular flexibility index (Phi) is 5.90. The van der Waals surface area contributed by atoms with Crippen molar-refractivity contribution in [3.8, 4) is 0 Å². The number of carbonyl (C=O) groups is 3. The molecule has 2 fully saturated rings. The van der Waals surface area contributed by atoms with E-state index in [9.17, 15) is 24.5 Å². The Morgan fingerprint density at radius 2 is 1.74 bits per heavy atom. The van der Waals surface area contributed by atoms with Crippen LogP contribution in [0.5, 0.6) is 0 Å². The lowest BCUT2D eigenvalue weighted by atomic mass is 10.2. The summed E-state index contributed by atoms with van der Waals surface area (Å²) in [7, 11) is 0. The first-order valence-electron chi connectivity index (χ1n) is 8.73. The van der Waals surface area contributed by atoms with E-state index in [0.29, 0.717) is 18.7 Å². The van der Waals surface area contributed by atoms with Gasteiger partial charge in [0.1, 0.15) is 6.54 Å². The number of hydrogen-bond acceptors (Lipinski definition) is 6. The molecule has 0 aromatic heterocycles. The van der Waals surface area contributed by atoms with Crippen LogP contribution in [0.2, 0.25) is 0 Å². The van der Waals surface area contributed by atoms with Crippen LogP contribution in [0.15, 0.2) is 29.2 Å². The fraction of sp³-hybridized carbons (Fsp3) is 0.389. The van der Waals surface area contributed by atoms with Crippen LogP contribution in [0.25, 0.3) is 6.08 Å². The molecule has 0 unspecified atom stereocenters. The lowest BCUT2D eigenvalue weighted by Crippen LogP contribution is -2.42. The summed E-state index contributed by atoms with van der Waals surface area (Å²) in [4.78, 5) is 50.2. The maximum absolute atomic E-state index is 12.5. The van der Waals surface area contributed by atoms with E-state index in [1.54, 1.807) is 4.90 Å². The molecule has 0 saturated carbocycles. The second kappa shape index (κ2) is 8.34. The van der Waals surface area contributed by atoms with Gasteiger partial charge in [0.15, 0.2) is 0 Å². The number of likely N-dealkylation sites (tertiary alicyclic amines) is 1. The van der Waals surface area contributed by atoms with Crippen LogP contribution in [0, 0.1) is 10.1 Å². The Bertz CT molecular complexity index is 798. The molecule has 3 amide bonds. The van der Waals surface area contributed by atoms with Gasteiger partial charge in [0.05, 0.1) is 9.83 Å². The van der Waals surface area contributed by atoms with E-state index in [4.69, 9.17) is 0 Å². The molecule has 2 aliphatic heterocycles. The van der Waals surface area contributed by atoms with E-state index in [1.807, 2.05) is 0 Å². The molecular weight excluding hydrogens is 370 g/mol. The van der Waals surface area contributed by atoms with E-state index in [-0.39, 0.29) is 23.0 Å². The second-order valence-corrected chi connectivity index (χ2v) is 7.40. The van der Waals surface area contributed by atoms with Gasteiger partial charge in [-0.3, -0.25) is 29.4 Å². The average molecular weight is 389 g/mol. The topological polar surface area (TPSA) is 101 Å². The van der Waals surface area contributed by atoms with Gasteiger partial charge in [-0.1, -0.05) is 12.8 Å². The number of non-ortho nitro benzene ring substituents is 1. The molecular formula is C18H19N3O5S. The van der Waals surface area contributed by atoms with Crippen molar-refractivity contribution in [2.75, 3.05) is 19.6 Å². The monoisotopic (exact) mass is 389 g/mol. The molecule has 0 bridgehead atoms. The standard InChI is InChI=1S/C18H19N3O5S/c22-16(19-9-3-1-2-4-10-19)12-20-17(23)15(27-18(20)24)11-13-5-7-14(8-6-13)21(25)26/h5-8,11H,1-4,9-10,12H2/b15-11+. The van der Waals surface area contributed by atoms with E-state index in [0.717, 1.165) is 42.3 Å². The smallest absolute Gasteiger partial charge is 0.294 e. The van der Waals surface area contributed by atoms with Crippen molar-refractivity contribution < 1.29 is 19.3 Å². The predicted molar refractivity (Wildman–Crippen MR) is 101 cm³/mol. The second-order valence-electron chi connectivity index (χ2n) is 6.41. The van der Waals surface area contributed by atoms with Crippen molar-refractivity contribution >= 4 is 40.6 Å². The Labute approximate surface area is 160 Å². The van der Waals surface area contributed by atoms with Gasteiger partial charge < -0.3 is 4.90 Å². The maximum atomic E-state index is 12.5. The molecule has 0 atom stereocenters. The Morgan fingerprint density at radius 3 is 2.33 bits per heavy atom. The molecule has 0 N–H and O–H groups in total. The Morgan fingerprint density at radius 1 is 1.11 bits per heavy atom. The number of nitro groups is 1. The first-order valence-corrected chi connectivity index (χ1v) is 9.55. The van der Waals surface area contributed by atoms with Crippen molar-refractivity contribution in [3.63, 3.8) is 0 Å². The fourth-order valence-corrected chi connectivity index (χ4v) is 3.87. The van der Waals surface area contributed by atoms with Gasteiger partial charge in [0.2, 0.25) is 5.91 Å². The number of hydrogen-bond donors (Lipinski definition) is 0. The summed E-state index contributed by atoms with van der Waals surface area (Å²) < 4.78 is 0. The highest BCUT2D eigenvalue weighted by molar-refractivity contribution is 8.18. The van der Waals surface area contributed by atoms with Gasteiger partial charge in [0.25, 0.3) is 16.8 Å². The highest BCUT2D eigenvalue weighted by atomic mass is 32.2. The molecule has 0 spiro atoms. The molecule has 0 radical (unpaired) electrons. The molecule has 2 saturated heterocycles. The number of carbonyl (C=O) groups excluding carboxylic acids is 3. The number of rotatable bonds is 4. The predicted octanol–water partition coefficient (Wildman–Crippen LogP) is 3.03. The third kappa shape index (κ3) is 4.54. The normalized spacial score (nSPS) is 19.5. The van der Waals surface area contributed by atoms with Crippen LogP contribution < -0.4 is 0 Å². The maximum Gasteiger partial charge on any atom is 0.294 e. The number of nitrogens with zero attached hydrogens (tertiary/aromatic N) is 3. The quantitative estimate of drug-likeness (QED) is 0.446. The van der Waals surface area contributed by atoms with E-state index in [1.165, 1.54) is 30.3 Å². The lowest BCUT2D eigenvalue weighted by molar-refractivity contribution is -0.384. The molecule has 0 aliphatic carbocycles. The van der Waals surface area contributed by atoms with E-state index < -0.39 is 16.1 Å². The third-order valence-electron chi connectivity index (χ3n) is 4.53. The summed E-state index contributed by atoms with van der Waals surface area (Å²) in [6.45, 7) is 1.07. The van der Waals surface area contributed by atoms with Crippen LogP contribution in [0.3, 0.4) is 0 Å². The first kappa shape index (κ1) is 19.1. The summed E-state index contributed by atoms with van der Waals surface area (Å²) in [5.74, 6) is -0.720. The zero-order valence-electron chi connectivity index (χ0n) is 14.6. The van der Waals surface area contributed by atoms with Crippen molar-refractivity contribution in [1.82, 2.24) is 9.80 Å². The van der Waals surface area contributed by atoms with Gasteiger partial charge in [-0.2, -0.15) is 0 Å². The highest BCUT2D eigenvalue weighted by Gasteiger charge is 2.37. The van der Waals surface area contributed by atoms with Gasteiger partial charge >= 0.3 is 0 Å². The molecule has 8 nitrogen and oxygen atoms in total. The van der Waals surface area contributed by atoms with Crippen LogP contribution in [-0.2, 0) is 9.59 Å². The molecule has 27 heavy (non-hydrogen) atoms. The summed E-state index contributed by atoms with van der Waals surface area (Å²) in [5.41, 5.74) is 0.522. The minimum absolute atomic E-state index is 0.0525. The van der Waals surface area contributed by atoms with E-state index in [2.05, 4.69) is 0 Å². The van der Waals surface area contributed by atoms with Gasteiger partial charge in [-0.25, -0.2) is 0 Å². The molecule has 1 aromatic carbocycles. The number of imide groups is 1. The van der Waals surface area contributed by atoms with Crippen molar-refractivity contribution in [2.45, 2.75) is 25.7 Å². The number of amides is 3. The third-order valence-corrected chi connectivity index (χ3v) is 5.43. The highest BCUT2D eigenvalue weighted by Crippen LogP contribution is 2.32. The molecule has 2 aliphatic rings. The number of nitro benzene ring substituents is 1. The molecule has 9 heteroatoms. The first-order chi connectivity index (χ1) is 13.0. The lowest BCUT2D eigenvalue weighted by Gasteiger charge is -2.22. The van der Waals surface area contributed by atoms with Crippen molar-refractivity contribution in [2.24, 2.45) is 0 Å². The molecule has 142 valence electrons. The molecule has 3 rings (SSSR count). The minimum atomic E-state index is -0.508. The zero-order valence-corrected chi connectivity index (χ0v) is 15.4. The molecule has 2 heterocycles. The summed E-state index contributed by atoms with van der Waals surface area (Å²) in [6, 6.07) is 5.68. The SMILES string of the molecule is O=C(CN1C(=O)S/C(=C/c2ccc([N+](=O)[O-])cc2)C1=O)N1CCCCCC1. The summed E-state index contributed by atoms with van der Waals surface area (Å²) in [6.07, 6.45) is 5.55. The largest absolute Gasteiger partial charge is 0.341 e. The number of benzene rings is 1. The van der Waals surface area contributed by atoms with Crippen LogP contribution in [0.4, 0.5) is 10.5 Å². The summed E-state index contributed by atoms with van der Waals surface area (Å²) in [5, 5.41) is 10.2. The Hall–Kier alpha value is -2.68. The van der Waals surface area contributed by atoms with Crippen LogP contribution in [-0.4, -0.2) is 51.4 Å². The fourth-order valence-electron chi connectivity index (χ4n) is 3.04. The van der Waals surface area contributed by atoms with Gasteiger partial charge in [0, 0.05) is 25.2 Å². The average Bonchev–Trinajstić information content (AvgIpc) is 2.86. The van der Waals surface area contributed by atoms with E-state index >= 15 is 0 Å². The van der Waals surface area contributed by atoms with Gasteiger partial charge in [-0.15, -0.1) is 0 Å². The van der Waals surface area contributed by atoms with Gasteiger partial charge in [-0.05, 0) is 48.4 Å².